The van der Waals surface area contributed by atoms with Crippen molar-refractivity contribution in [3.63, 3.8) is 0 Å². The fourth-order valence-electron chi connectivity index (χ4n) is 3.23. The SMILES string of the molecule is O=C1N(Cc2ccccc2)c2ccc(F)cc2[C@@]1(O)C#Cc1cccc(F)c1. The summed E-state index contributed by atoms with van der Waals surface area (Å²) in [5.41, 5.74) is -0.573. The van der Waals surface area contributed by atoms with Gasteiger partial charge < -0.3 is 10.0 Å². The van der Waals surface area contributed by atoms with E-state index in [1.54, 1.807) is 6.07 Å². The van der Waals surface area contributed by atoms with Crippen molar-refractivity contribution in [2.45, 2.75) is 12.1 Å². The van der Waals surface area contributed by atoms with E-state index in [0.717, 1.165) is 11.6 Å². The Morgan fingerprint density at radius 2 is 1.68 bits per heavy atom. The van der Waals surface area contributed by atoms with Gasteiger partial charge in [-0.15, -0.1) is 0 Å². The Morgan fingerprint density at radius 3 is 2.43 bits per heavy atom. The molecule has 3 aromatic rings. The van der Waals surface area contributed by atoms with E-state index in [0.29, 0.717) is 11.3 Å². The van der Waals surface area contributed by atoms with Gasteiger partial charge in [-0.3, -0.25) is 4.79 Å². The van der Waals surface area contributed by atoms with Crippen molar-refractivity contribution in [2.24, 2.45) is 0 Å². The minimum atomic E-state index is -2.21. The Hall–Kier alpha value is -3.49. The summed E-state index contributed by atoms with van der Waals surface area (Å²) < 4.78 is 27.2. The van der Waals surface area contributed by atoms with Crippen LogP contribution in [0.4, 0.5) is 14.5 Å². The maximum atomic E-state index is 13.9. The van der Waals surface area contributed by atoms with Gasteiger partial charge >= 0.3 is 0 Å². The van der Waals surface area contributed by atoms with Crippen LogP contribution in [0.3, 0.4) is 0 Å². The molecule has 0 aromatic heterocycles. The van der Waals surface area contributed by atoms with Crippen LogP contribution in [0.15, 0.2) is 72.8 Å². The summed E-state index contributed by atoms with van der Waals surface area (Å²) in [5.74, 6) is 3.44. The molecular formula is C23H15F2NO2. The lowest BCUT2D eigenvalue weighted by Gasteiger charge is -2.19. The molecule has 0 aliphatic carbocycles. The van der Waals surface area contributed by atoms with Gasteiger partial charge in [0.1, 0.15) is 11.6 Å². The lowest BCUT2D eigenvalue weighted by molar-refractivity contribution is -0.130. The van der Waals surface area contributed by atoms with Crippen LogP contribution in [-0.4, -0.2) is 11.0 Å². The van der Waals surface area contributed by atoms with E-state index < -0.39 is 23.1 Å². The number of aliphatic hydroxyl groups is 1. The average Bonchev–Trinajstić information content (AvgIpc) is 2.89. The van der Waals surface area contributed by atoms with Gasteiger partial charge in [-0.1, -0.05) is 42.3 Å². The lowest BCUT2D eigenvalue weighted by Crippen LogP contribution is -2.39. The molecule has 1 heterocycles. The van der Waals surface area contributed by atoms with E-state index in [-0.39, 0.29) is 12.1 Å². The molecule has 5 heteroatoms. The third-order valence-corrected chi connectivity index (χ3v) is 4.59. The second-order valence-corrected chi connectivity index (χ2v) is 6.51. The van der Waals surface area contributed by atoms with Gasteiger partial charge in [0.2, 0.25) is 5.60 Å². The highest BCUT2D eigenvalue weighted by atomic mass is 19.1. The fourth-order valence-corrected chi connectivity index (χ4v) is 3.23. The first-order valence-electron chi connectivity index (χ1n) is 8.64. The summed E-state index contributed by atoms with van der Waals surface area (Å²) in [5, 5.41) is 11.1. The molecule has 28 heavy (non-hydrogen) atoms. The van der Waals surface area contributed by atoms with Crippen molar-refractivity contribution < 1.29 is 18.7 Å². The molecule has 1 amide bonds. The molecule has 0 spiro atoms. The monoisotopic (exact) mass is 375 g/mol. The van der Waals surface area contributed by atoms with Gasteiger partial charge in [0.15, 0.2) is 0 Å². The second-order valence-electron chi connectivity index (χ2n) is 6.51. The molecule has 3 nitrogen and oxygen atoms in total. The molecule has 1 aliphatic heterocycles. The van der Waals surface area contributed by atoms with E-state index >= 15 is 0 Å². The van der Waals surface area contributed by atoms with Crippen molar-refractivity contribution in [3.8, 4) is 11.8 Å². The molecule has 0 radical (unpaired) electrons. The van der Waals surface area contributed by atoms with Crippen LogP contribution in [0.25, 0.3) is 0 Å². The number of carbonyl (C=O) groups excluding carboxylic acids is 1. The normalized spacial score (nSPS) is 17.8. The Balaban J connectivity index is 1.78. The Morgan fingerprint density at radius 1 is 0.929 bits per heavy atom. The number of halogens is 2. The third-order valence-electron chi connectivity index (χ3n) is 4.59. The van der Waals surface area contributed by atoms with E-state index in [1.165, 1.54) is 35.2 Å². The molecule has 0 bridgehead atoms. The molecule has 0 fully saturated rings. The number of hydrogen-bond acceptors (Lipinski definition) is 2. The number of nitrogens with zero attached hydrogens (tertiary/aromatic N) is 1. The maximum Gasteiger partial charge on any atom is 0.276 e. The quantitative estimate of drug-likeness (QED) is 0.693. The van der Waals surface area contributed by atoms with Crippen LogP contribution < -0.4 is 4.90 Å². The number of carbonyl (C=O) groups is 1. The van der Waals surface area contributed by atoms with Crippen LogP contribution in [0, 0.1) is 23.5 Å². The summed E-state index contributed by atoms with van der Waals surface area (Å²) in [6, 6.07) is 18.6. The second kappa shape index (κ2) is 6.91. The van der Waals surface area contributed by atoms with Gasteiger partial charge in [-0.05, 0) is 47.9 Å². The predicted molar refractivity (Wildman–Crippen MR) is 101 cm³/mol. The van der Waals surface area contributed by atoms with E-state index in [9.17, 15) is 18.7 Å². The summed E-state index contributed by atoms with van der Waals surface area (Å²) in [6.45, 7) is 0.211. The molecule has 0 saturated carbocycles. The number of anilines is 1. The topological polar surface area (TPSA) is 40.5 Å². The number of rotatable bonds is 2. The maximum absolute atomic E-state index is 13.9. The molecule has 4 rings (SSSR count). The molecular weight excluding hydrogens is 360 g/mol. The standard InChI is InChI=1S/C23H15F2NO2/c24-18-8-4-7-16(13-18)11-12-23(28)20-14-19(25)9-10-21(20)26(22(23)27)15-17-5-2-1-3-6-17/h1-10,13-14,28H,15H2/t23-/m0/s1. The van der Waals surface area contributed by atoms with Gasteiger partial charge in [-0.2, -0.15) is 0 Å². The van der Waals surface area contributed by atoms with Crippen LogP contribution in [0.1, 0.15) is 16.7 Å². The zero-order chi connectivity index (χ0) is 19.7. The number of hydrogen-bond donors (Lipinski definition) is 1. The number of amides is 1. The molecule has 1 atom stereocenters. The fraction of sp³-hybridized carbons (Fsp3) is 0.0870. The molecule has 0 saturated heterocycles. The first-order valence-corrected chi connectivity index (χ1v) is 8.64. The largest absolute Gasteiger partial charge is 0.366 e. The number of fused-ring (bicyclic) bond motifs is 1. The lowest BCUT2D eigenvalue weighted by atomic mass is 9.95. The van der Waals surface area contributed by atoms with Crippen molar-refractivity contribution in [3.05, 3.63) is 101 Å². The highest BCUT2D eigenvalue weighted by molar-refractivity contribution is 6.09. The molecule has 0 unspecified atom stereocenters. The first kappa shape index (κ1) is 17.9. The molecule has 1 aliphatic rings. The third kappa shape index (κ3) is 3.15. The summed E-state index contributed by atoms with van der Waals surface area (Å²) in [7, 11) is 0. The number of benzene rings is 3. The average molecular weight is 375 g/mol. The summed E-state index contributed by atoms with van der Waals surface area (Å²) in [6.07, 6.45) is 0. The minimum Gasteiger partial charge on any atom is -0.366 e. The predicted octanol–water partition coefficient (Wildman–Crippen LogP) is 3.75. The van der Waals surface area contributed by atoms with Gasteiger partial charge in [0.05, 0.1) is 12.2 Å². The zero-order valence-electron chi connectivity index (χ0n) is 14.7. The van der Waals surface area contributed by atoms with Crippen LogP contribution in [0.2, 0.25) is 0 Å². The summed E-state index contributed by atoms with van der Waals surface area (Å²) in [4.78, 5) is 14.4. The Kier molecular flexibility index (Phi) is 4.42. The molecule has 1 N–H and O–H groups in total. The van der Waals surface area contributed by atoms with Crippen LogP contribution in [0.5, 0.6) is 0 Å². The van der Waals surface area contributed by atoms with Gasteiger partial charge in [0.25, 0.3) is 5.91 Å². The van der Waals surface area contributed by atoms with Crippen molar-refractivity contribution in [1.82, 2.24) is 0 Å². The smallest absolute Gasteiger partial charge is 0.276 e. The van der Waals surface area contributed by atoms with E-state index in [2.05, 4.69) is 11.8 Å². The zero-order valence-corrected chi connectivity index (χ0v) is 14.7. The van der Waals surface area contributed by atoms with Gasteiger partial charge in [0, 0.05) is 11.1 Å². The van der Waals surface area contributed by atoms with Crippen molar-refractivity contribution in [2.75, 3.05) is 4.90 Å². The van der Waals surface area contributed by atoms with Gasteiger partial charge in [-0.25, -0.2) is 8.78 Å². The Bertz CT molecular complexity index is 1120. The van der Waals surface area contributed by atoms with Crippen LogP contribution in [-0.2, 0) is 16.9 Å². The highest BCUT2D eigenvalue weighted by Gasteiger charge is 2.49. The molecule has 3 aromatic carbocycles. The Labute approximate surface area is 160 Å². The van der Waals surface area contributed by atoms with Crippen molar-refractivity contribution >= 4 is 11.6 Å². The van der Waals surface area contributed by atoms with Crippen molar-refractivity contribution in [1.29, 1.82) is 0 Å². The highest BCUT2D eigenvalue weighted by Crippen LogP contribution is 2.41. The first-order chi connectivity index (χ1) is 13.5. The summed E-state index contributed by atoms with van der Waals surface area (Å²) >= 11 is 0. The van der Waals surface area contributed by atoms with E-state index in [4.69, 9.17) is 0 Å². The molecule has 138 valence electrons. The van der Waals surface area contributed by atoms with Crippen LogP contribution >= 0.6 is 0 Å². The minimum absolute atomic E-state index is 0.0809. The van der Waals surface area contributed by atoms with E-state index in [1.807, 2.05) is 30.3 Å².